The zero-order valence-electron chi connectivity index (χ0n) is 11.6. The zero-order chi connectivity index (χ0) is 14.5. The van der Waals surface area contributed by atoms with Gasteiger partial charge < -0.3 is 15.7 Å². The van der Waals surface area contributed by atoms with Crippen molar-refractivity contribution in [3.63, 3.8) is 0 Å². The van der Waals surface area contributed by atoms with Crippen LogP contribution < -0.4 is 10.6 Å². The quantitative estimate of drug-likeness (QED) is 0.769. The Labute approximate surface area is 118 Å². The molecule has 1 aromatic rings. The van der Waals surface area contributed by atoms with E-state index in [1.165, 1.54) is 0 Å². The van der Waals surface area contributed by atoms with Crippen molar-refractivity contribution < 1.29 is 14.7 Å². The molecule has 0 fully saturated rings. The van der Waals surface area contributed by atoms with Gasteiger partial charge in [-0.15, -0.1) is 0 Å². The van der Waals surface area contributed by atoms with Crippen LogP contribution >= 0.6 is 0 Å². The van der Waals surface area contributed by atoms with E-state index in [0.717, 1.165) is 30.6 Å². The van der Waals surface area contributed by atoms with Crippen LogP contribution in [0.15, 0.2) is 18.2 Å². The minimum absolute atomic E-state index is 0.300. The third-order valence-corrected chi connectivity index (χ3v) is 3.52. The van der Waals surface area contributed by atoms with E-state index in [1.54, 1.807) is 6.07 Å². The first-order valence-corrected chi connectivity index (χ1v) is 7.03. The number of carboxylic acids is 1. The summed E-state index contributed by atoms with van der Waals surface area (Å²) in [5.74, 6) is -1.28. The average molecular weight is 276 g/mol. The highest BCUT2D eigenvalue weighted by atomic mass is 16.4. The molecule has 1 amide bonds. The zero-order valence-corrected chi connectivity index (χ0v) is 11.6. The van der Waals surface area contributed by atoms with Gasteiger partial charge in [0.2, 0.25) is 0 Å². The molecule has 108 valence electrons. The Kier molecular flexibility index (Phi) is 4.61. The average Bonchev–Trinajstić information content (AvgIpc) is 2.46. The summed E-state index contributed by atoms with van der Waals surface area (Å²) in [7, 11) is 0. The summed E-state index contributed by atoms with van der Waals surface area (Å²) in [6, 6.07) is 4.71. The predicted octanol–water partition coefficient (Wildman–Crippen LogP) is 2.03. The monoisotopic (exact) mass is 276 g/mol. The molecule has 1 aliphatic rings. The van der Waals surface area contributed by atoms with Gasteiger partial charge in [0, 0.05) is 17.8 Å². The molecule has 0 unspecified atom stereocenters. The van der Waals surface area contributed by atoms with Crippen molar-refractivity contribution in [2.24, 2.45) is 0 Å². The third-order valence-electron chi connectivity index (χ3n) is 3.52. The maximum atomic E-state index is 12.3. The number of fused-ring (bicyclic) bond motifs is 1. The second-order valence-corrected chi connectivity index (χ2v) is 5.01. The Morgan fingerprint density at radius 2 is 2.25 bits per heavy atom. The maximum absolute atomic E-state index is 12.3. The fourth-order valence-corrected chi connectivity index (χ4v) is 2.50. The van der Waals surface area contributed by atoms with Crippen molar-refractivity contribution in [3.05, 3.63) is 29.3 Å². The van der Waals surface area contributed by atoms with Gasteiger partial charge in [-0.25, -0.2) is 4.79 Å². The molecular formula is C15H20N2O3. The maximum Gasteiger partial charge on any atom is 0.326 e. The molecule has 0 aliphatic carbocycles. The van der Waals surface area contributed by atoms with E-state index in [0.29, 0.717) is 18.4 Å². The van der Waals surface area contributed by atoms with Crippen LogP contribution in [0.3, 0.4) is 0 Å². The summed E-state index contributed by atoms with van der Waals surface area (Å²) >= 11 is 0. The molecule has 1 heterocycles. The summed E-state index contributed by atoms with van der Waals surface area (Å²) in [5.41, 5.74) is 2.54. The second kappa shape index (κ2) is 6.41. The van der Waals surface area contributed by atoms with Gasteiger partial charge in [0.15, 0.2) is 0 Å². The van der Waals surface area contributed by atoms with Crippen LogP contribution in [0.5, 0.6) is 0 Å². The van der Waals surface area contributed by atoms with Crippen molar-refractivity contribution in [1.82, 2.24) is 5.32 Å². The van der Waals surface area contributed by atoms with E-state index in [4.69, 9.17) is 5.11 Å². The van der Waals surface area contributed by atoms with E-state index in [9.17, 15) is 9.59 Å². The number of amides is 1. The lowest BCUT2D eigenvalue weighted by atomic mass is 9.97. The Bertz CT molecular complexity index is 514. The third kappa shape index (κ3) is 3.10. The molecule has 1 atom stereocenters. The molecule has 0 spiro atoms. The minimum atomic E-state index is -0.983. The van der Waals surface area contributed by atoms with Crippen LogP contribution in [0, 0.1) is 0 Å². The molecule has 0 radical (unpaired) electrons. The number of rotatable bonds is 5. The molecule has 0 saturated carbocycles. The second-order valence-electron chi connectivity index (χ2n) is 5.01. The van der Waals surface area contributed by atoms with E-state index < -0.39 is 12.0 Å². The van der Waals surface area contributed by atoms with E-state index >= 15 is 0 Å². The Hall–Kier alpha value is -2.04. The lowest BCUT2D eigenvalue weighted by Crippen LogP contribution is -2.41. The summed E-state index contributed by atoms with van der Waals surface area (Å²) < 4.78 is 0. The van der Waals surface area contributed by atoms with Crippen molar-refractivity contribution in [2.75, 3.05) is 11.9 Å². The first kappa shape index (κ1) is 14.4. The first-order chi connectivity index (χ1) is 9.63. The molecule has 0 aromatic heterocycles. The van der Waals surface area contributed by atoms with Gasteiger partial charge in [-0.2, -0.15) is 0 Å². The summed E-state index contributed by atoms with van der Waals surface area (Å²) in [4.78, 5) is 23.4. The van der Waals surface area contributed by atoms with Gasteiger partial charge in [-0.3, -0.25) is 4.79 Å². The minimum Gasteiger partial charge on any atom is -0.480 e. The van der Waals surface area contributed by atoms with Crippen molar-refractivity contribution in [3.8, 4) is 0 Å². The van der Waals surface area contributed by atoms with Crippen LogP contribution in [-0.4, -0.2) is 29.6 Å². The number of hydrogen-bond donors (Lipinski definition) is 3. The normalized spacial score (nSPS) is 14.8. The molecule has 20 heavy (non-hydrogen) atoms. The Morgan fingerprint density at radius 3 is 2.95 bits per heavy atom. The number of nitrogens with one attached hydrogen (secondary N) is 2. The number of hydrogen-bond acceptors (Lipinski definition) is 3. The van der Waals surface area contributed by atoms with Gasteiger partial charge >= 0.3 is 5.97 Å². The van der Waals surface area contributed by atoms with E-state index in [2.05, 4.69) is 10.6 Å². The number of carbonyl (C=O) groups excluding carboxylic acids is 1. The number of anilines is 1. The fraction of sp³-hybridized carbons (Fsp3) is 0.467. The fourth-order valence-electron chi connectivity index (χ4n) is 2.50. The van der Waals surface area contributed by atoms with Gasteiger partial charge in [0.25, 0.3) is 5.91 Å². The Morgan fingerprint density at radius 1 is 1.45 bits per heavy atom. The van der Waals surface area contributed by atoms with Crippen molar-refractivity contribution in [1.29, 1.82) is 0 Å². The highest BCUT2D eigenvalue weighted by Gasteiger charge is 2.22. The lowest BCUT2D eigenvalue weighted by molar-refractivity contribution is -0.139. The van der Waals surface area contributed by atoms with Crippen LogP contribution in [0.25, 0.3) is 0 Å². The van der Waals surface area contributed by atoms with Gasteiger partial charge in [0.05, 0.1) is 0 Å². The van der Waals surface area contributed by atoms with Crippen LogP contribution in [0.4, 0.5) is 5.69 Å². The topological polar surface area (TPSA) is 78.4 Å². The SMILES string of the molecule is CCC[C@@H](NC(=O)c1cccc2c1CCCN2)C(=O)O. The highest BCUT2D eigenvalue weighted by molar-refractivity contribution is 5.99. The summed E-state index contributed by atoms with van der Waals surface area (Å²) in [6.07, 6.45) is 2.98. The molecule has 3 N–H and O–H groups in total. The standard InChI is InChI=1S/C15H20N2O3/c1-2-5-13(15(19)20)17-14(18)11-6-3-8-12-10(11)7-4-9-16-12/h3,6,8,13,16H,2,4-5,7,9H2,1H3,(H,17,18)(H,19,20)/t13-/m1/s1. The number of carbonyl (C=O) groups is 2. The predicted molar refractivity (Wildman–Crippen MR) is 77.1 cm³/mol. The van der Waals surface area contributed by atoms with Crippen LogP contribution in [0.2, 0.25) is 0 Å². The molecular weight excluding hydrogens is 256 g/mol. The molecule has 5 nitrogen and oxygen atoms in total. The molecule has 2 rings (SSSR count). The number of carboxylic acid groups (broad SMARTS) is 1. The lowest BCUT2D eigenvalue weighted by Gasteiger charge is -2.21. The van der Waals surface area contributed by atoms with Crippen molar-refractivity contribution >= 4 is 17.6 Å². The molecule has 1 aromatic carbocycles. The summed E-state index contributed by atoms with van der Waals surface area (Å²) in [6.45, 7) is 2.81. The van der Waals surface area contributed by atoms with Gasteiger partial charge in [-0.1, -0.05) is 19.4 Å². The molecule has 0 bridgehead atoms. The number of benzene rings is 1. The van der Waals surface area contributed by atoms with Crippen molar-refractivity contribution in [2.45, 2.75) is 38.6 Å². The molecule has 1 aliphatic heterocycles. The smallest absolute Gasteiger partial charge is 0.326 e. The molecule has 5 heteroatoms. The first-order valence-electron chi connectivity index (χ1n) is 7.03. The number of aliphatic carboxylic acids is 1. The largest absolute Gasteiger partial charge is 0.480 e. The van der Waals surface area contributed by atoms with E-state index in [1.807, 2.05) is 19.1 Å². The van der Waals surface area contributed by atoms with Crippen LogP contribution in [-0.2, 0) is 11.2 Å². The summed E-state index contributed by atoms with van der Waals surface area (Å²) in [5, 5.41) is 15.0. The van der Waals surface area contributed by atoms with Crippen LogP contribution in [0.1, 0.15) is 42.1 Å². The molecule has 0 saturated heterocycles. The van der Waals surface area contributed by atoms with E-state index in [-0.39, 0.29) is 5.91 Å². The van der Waals surface area contributed by atoms with Gasteiger partial charge in [-0.05, 0) is 37.0 Å². The van der Waals surface area contributed by atoms with Gasteiger partial charge in [0.1, 0.15) is 6.04 Å². The Balaban J connectivity index is 2.19. The highest BCUT2D eigenvalue weighted by Crippen LogP contribution is 2.25.